The van der Waals surface area contributed by atoms with E-state index in [0.29, 0.717) is 25.4 Å². The summed E-state index contributed by atoms with van der Waals surface area (Å²) in [6.07, 6.45) is 2.34. The minimum absolute atomic E-state index is 0.134. The molecule has 0 fully saturated rings. The standard InChI is InChI=1S/C15H19N3O3/c1-3-21-9-5-8-17-14(19)12-10-11-6-4-7-16-13(11)18(2)15(12)20/h4,6-7,10H,3,5,8-9H2,1-2H3,(H,17,19). The van der Waals surface area contributed by atoms with Gasteiger partial charge in [-0.1, -0.05) is 0 Å². The third-order valence-corrected chi connectivity index (χ3v) is 3.17. The van der Waals surface area contributed by atoms with Gasteiger partial charge in [0.1, 0.15) is 11.2 Å². The van der Waals surface area contributed by atoms with E-state index in [4.69, 9.17) is 4.74 Å². The molecule has 0 bridgehead atoms. The topological polar surface area (TPSA) is 73.2 Å². The fourth-order valence-corrected chi connectivity index (χ4v) is 2.07. The Bertz CT molecular complexity index is 694. The molecule has 0 radical (unpaired) electrons. The smallest absolute Gasteiger partial charge is 0.264 e. The zero-order valence-electron chi connectivity index (χ0n) is 12.3. The van der Waals surface area contributed by atoms with Crippen LogP contribution in [0.15, 0.2) is 29.2 Å². The van der Waals surface area contributed by atoms with Crippen LogP contribution >= 0.6 is 0 Å². The van der Waals surface area contributed by atoms with Crippen molar-refractivity contribution in [2.24, 2.45) is 7.05 Å². The van der Waals surface area contributed by atoms with Gasteiger partial charge >= 0.3 is 0 Å². The minimum atomic E-state index is -0.363. The first kappa shape index (κ1) is 15.2. The first-order valence-corrected chi connectivity index (χ1v) is 6.96. The maximum Gasteiger partial charge on any atom is 0.264 e. The Morgan fingerprint density at radius 2 is 2.29 bits per heavy atom. The Morgan fingerprint density at radius 3 is 3.05 bits per heavy atom. The highest BCUT2D eigenvalue weighted by atomic mass is 16.5. The van der Waals surface area contributed by atoms with E-state index in [9.17, 15) is 9.59 Å². The molecule has 0 aromatic carbocycles. The van der Waals surface area contributed by atoms with Gasteiger partial charge in [-0.2, -0.15) is 0 Å². The number of hydrogen-bond acceptors (Lipinski definition) is 4. The molecule has 0 saturated heterocycles. The van der Waals surface area contributed by atoms with Gasteiger partial charge in [0.05, 0.1) is 0 Å². The number of amides is 1. The van der Waals surface area contributed by atoms with Crippen molar-refractivity contribution in [1.29, 1.82) is 0 Å². The molecule has 0 unspecified atom stereocenters. The number of hydrogen-bond donors (Lipinski definition) is 1. The van der Waals surface area contributed by atoms with Gasteiger partial charge in [0, 0.05) is 38.4 Å². The van der Waals surface area contributed by atoms with Gasteiger partial charge in [0.2, 0.25) is 0 Å². The van der Waals surface area contributed by atoms with Crippen LogP contribution in [0, 0.1) is 0 Å². The summed E-state index contributed by atoms with van der Waals surface area (Å²) < 4.78 is 6.59. The average Bonchev–Trinajstić information content (AvgIpc) is 2.50. The number of fused-ring (bicyclic) bond motifs is 1. The molecule has 112 valence electrons. The summed E-state index contributed by atoms with van der Waals surface area (Å²) >= 11 is 0. The Balaban J connectivity index is 2.16. The molecule has 0 spiro atoms. The van der Waals surface area contributed by atoms with E-state index >= 15 is 0 Å². The highest BCUT2D eigenvalue weighted by Gasteiger charge is 2.13. The lowest BCUT2D eigenvalue weighted by molar-refractivity contribution is 0.0942. The summed E-state index contributed by atoms with van der Waals surface area (Å²) in [5, 5.41) is 3.50. The molecular weight excluding hydrogens is 270 g/mol. The number of aryl methyl sites for hydroxylation is 1. The van der Waals surface area contributed by atoms with Crippen molar-refractivity contribution < 1.29 is 9.53 Å². The number of pyridine rings is 2. The summed E-state index contributed by atoms with van der Waals surface area (Å²) in [6.45, 7) is 3.65. The highest BCUT2D eigenvalue weighted by molar-refractivity contribution is 5.96. The van der Waals surface area contributed by atoms with Crippen LogP contribution in [0.4, 0.5) is 0 Å². The molecule has 1 amide bonds. The highest BCUT2D eigenvalue weighted by Crippen LogP contribution is 2.09. The lowest BCUT2D eigenvalue weighted by Gasteiger charge is -2.08. The predicted molar refractivity (Wildman–Crippen MR) is 80.4 cm³/mol. The zero-order chi connectivity index (χ0) is 15.2. The van der Waals surface area contributed by atoms with Crippen molar-refractivity contribution in [1.82, 2.24) is 14.9 Å². The summed E-state index contributed by atoms with van der Waals surface area (Å²) in [5.41, 5.74) is 0.355. The number of rotatable bonds is 6. The van der Waals surface area contributed by atoms with E-state index in [1.165, 1.54) is 4.57 Å². The Hall–Kier alpha value is -2.21. The number of carbonyl (C=O) groups excluding carboxylic acids is 1. The van der Waals surface area contributed by atoms with Gasteiger partial charge in [0.15, 0.2) is 0 Å². The van der Waals surface area contributed by atoms with E-state index in [2.05, 4.69) is 10.3 Å². The third kappa shape index (κ3) is 3.46. The molecule has 0 saturated carbocycles. The number of ether oxygens (including phenoxy) is 1. The SMILES string of the molecule is CCOCCCNC(=O)c1cc2cccnc2n(C)c1=O. The summed E-state index contributed by atoms with van der Waals surface area (Å²) in [5.74, 6) is -0.363. The minimum Gasteiger partial charge on any atom is -0.382 e. The fourth-order valence-electron chi connectivity index (χ4n) is 2.07. The third-order valence-electron chi connectivity index (χ3n) is 3.17. The van der Waals surface area contributed by atoms with Crippen LogP contribution in [0.25, 0.3) is 11.0 Å². The number of aromatic nitrogens is 2. The largest absolute Gasteiger partial charge is 0.382 e. The van der Waals surface area contributed by atoms with E-state index in [1.807, 2.05) is 13.0 Å². The molecule has 0 aliphatic rings. The first-order valence-electron chi connectivity index (χ1n) is 6.96. The molecule has 2 aromatic heterocycles. The van der Waals surface area contributed by atoms with Gasteiger partial charge in [-0.15, -0.1) is 0 Å². The van der Waals surface area contributed by atoms with Crippen molar-refractivity contribution >= 4 is 16.9 Å². The van der Waals surface area contributed by atoms with Crippen LogP contribution in [0.3, 0.4) is 0 Å². The molecule has 2 aromatic rings. The van der Waals surface area contributed by atoms with Crippen LogP contribution in [0.2, 0.25) is 0 Å². The summed E-state index contributed by atoms with van der Waals surface area (Å²) in [6, 6.07) is 5.19. The summed E-state index contributed by atoms with van der Waals surface area (Å²) in [7, 11) is 1.61. The van der Waals surface area contributed by atoms with Crippen molar-refractivity contribution in [2.75, 3.05) is 19.8 Å². The lowest BCUT2D eigenvalue weighted by Crippen LogP contribution is -2.33. The molecule has 0 atom stereocenters. The van der Waals surface area contributed by atoms with Crippen molar-refractivity contribution in [3.8, 4) is 0 Å². The van der Waals surface area contributed by atoms with Crippen LogP contribution in [-0.2, 0) is 11.8 Å². The van der Waals surface area contributed by atoms with E-state index in [-0.39, 0.29) is 17.0 Å². The van der Waals surface area contributed by atoms with Crippen LogP contribution in [0.1, 0.15) is 23.7 Å². The normalized spacial score (nSPS) is 10.8. The number of nitrogens with one attached hydrogen (secondary N) is 1. The van der Waals surface area contributed by atoms with Gasteiger partial charge in [-0.3, -0.25) is 14.2 Å². The Kier molecular flexibility index (Phi) is 5.05. The second kappa shape index (κ2) is 6.99. The molecular formula is C15H19N3O3. The van der Waals surface area contributed by atoms with E-state index in [0.717, 1.165) is 11.8 Å². The van der Waals surface area contributed by atoms with Crippen LogP contribution in [0.5, 0.6) is 0 Å². The maximum absolute atomic E-state index is 12.2. The molecule has 0 aliphatic carbocycles. The van der Waals surface area contributed by atoms with Crippen molar-refractivity contribution in [3.63, 3.8) is 0 Å². The molecule has 6 nitrogen and oxygen atoms in total. The second-order valence-electron chi connectivity index (χ2n) is 4.64. The molecule has 2 heterocycles. The van der Waals surface area contributed by atoms with E-state index in [1.54, 1.807) is 25.4 Å². The van der Waals surface area contributed by atoms with Gasteiger partial charge in [0.25, 0.3) is 11.5 Å². The zero-order valence-corrected chi connectivity index (χ0v) is 12.3. The van der Waals surface area contributed by atoms with Gasteiger partial charge in [-0.25, -0.2) is 4.98 Å². The fraction of sp³-hybridized carbons (Fsp3) is 0.400. The first-order chi connectivity index (χ1) is 10.1. The molecule has 21 heavy (non-hydrogen) atoms. The quantitative estimate of drug-likeness (QED) is 0.808. The molecule has 0 aliphatic heterocycles. The van der Waals surface area contributed by atoms with E-state index < -0.39 is 0 Å². The van der Waals surface area contributed by atoms with Crippen molar-refractivity contribution in [2.45, 2.75) is 13.3 Å². The van der Waals surface area contributed by atoms with Crippen LogP contribution < -0.4 is 10.9 Å². The average molecular weight is 289 g/mol. The second-order valence-corrected chi connectivity index (χ2v) is 4.64. The Labute approximate surface area is 122 Å². The number of carbonyl (C=O) groups is 1. The predicted octanol–water partition coefficient (Wildman–Crippen LogP) is 1.09. The molecule has 6 heteroatoms. The molecule has 1 N–H and O–H groups in total. The Morgan fingerprint density at radius 1 is 1.48 bits per heavy atom. The van der Waals surface area contributed by atoms with Gasteiger partial charge in [-0.05, 0) is 31.5 Å². The monoisotopic (exact) mass is 289 g/mol. The maximum atomic E-state index is 12.2. The molecule has 2 rings (SSSR count). The van der Waals surface area contributed by atoms with Gasteiger partial charge < -0.3 is 10.1 Å². The summed E-state index contributed by atoms with van der Waals surface area (Å²) in [4.78, 5) is 28.5. The lowest BCUT2D eigenvalue weighted by atomic mass is 10.2. The van der Waals surface area contributed by atoms with Crippen molar-refractivity contribution in [3.05, 3.63) is 40.3 Å². The van der Waals surface area contributed by atoms with Crippen LogP contribution in [-0.4, -0.2) is 35.2 Å². The number of nitrogens with zero attached hydrogens (tertiary/aromatic N) is 2.